The molecule has 0 fully saturated rings. The van der Waals surface area contributed by atoms with E-state index in [4.69, 9.17) is 0 Å². The SMILES string of the molecule is COC(=O)c1nc(-c2ccncn2)sc1C. The van der Waals surface area contributed by atoms with Crippen molar-refractivity contribution in [1.29, 1.82) is 0 Å². The number of thiazole rings is 1. The van der Waals surface area contributed by atoms with Crippen LogP contribution in [0.3, 0.4) is 0 Å². The van der Waals surface area contributed by atoms with Crippen molar-refractivity contribution in [3.8, 4) is 10.7 Å². The zero-order chi connectivity index (χ0) is 11.5. The van der Waals surface area contributed by atoms with E-state index in [2.05, 4.69) is 19.7 Å². The largest absolute Gasteiger partial charge is 0.464 e. The average molecular weight is 235 g/mol. The van der Waals surface area contributed by atoms with Crippen LogP contribution in [0, 0.1) is 6.92 Å². The predicted octanol–water partition coefficient (Wildman–Crippen LogP) is 1.70. The molecule has 16 heavy (non-hydrogen) atoms. The van der Waals surface area contributed by atoms with Gasteiger partial charge in [-0.3, -0.25) is 0 Å². The molecule has 2 heterocycles. The minimum Gasteiger partial charge on any atom is -0.464 e. The molecule has 0 spiro atoms. The van der Waals surface area contributed by atoms with Crippen LogP contribution in [-0.4, -0.2) is 28.0 Å². The van der Waals surface area contributed by atoms with Gasteiger partial charge in [0.15, 0.2) is 5.69 Å². The van der Waals surface area contributed by atoms with Crippen molar-refractivity contribution >= 4 is 17.3 Å². The molecule has 5 nitrogen and oxygen atoms in total. The Bertz CT molecular complexity index is 510. The standard InChI is InChI=1S/C10H9N3O2S/c1-6-8(10(14)15-2)13-9(16-6)7-3-4-11-5-12-7/h3-5H,1-2H3. The van der Waals surface area contributed by atoms with Gasteiger partial charge in [0.25, 0.3) is 0 Å². The summed E-state index contributed by atoms with van der Waals surface area (Å²) in [6.45, 7) is 1.83. The van der Waals surface area contributed by atoms with E-state index >= 15 is 0 Å². The Balaban J connectivity index is 2.42. The van der Waals surface area contributed by atoms with Crippen LogP contribution in [0.4, 0.5) is 0 Å². The molecule has 0 radical (unpaired) electrons. The molecule has 0 N–H and O–H groups in total. The van der Waals surface area contributed by atoms with Gasteiger partial charge in [-0.05, 0) is 13.0 Å². The summed E-state index contributed by atoms with van der Waals surface area (Å²) in [4.78, 5) is 24.3. The summed E-state index contributed by atoms with van der Waals surface area (Å²) < 4.78 is 4.64. The molecule has 0 unspecified atom stereocenters. The van der Waals surface area contributed by atoms with Gasteiger partial charge in [-0.2, -0.15) is 0 Å². The molecule has 0 atom stereocenters. The van der Waals surface area contributed by atoms with Gasteiger partial charge in [-0.1, -0.05) is 0 Å². The number of aromatic nitrogens is 3. The quantitative estimate of drug-likeness (QED) is 0.741. The first kappa shape index (κ1) is 10.7. The van der Waals surface area contributed by atoms with Gasteiger partial charge >= 0.3 is 5.97 Å². The monoisotopic (exact) mass is 235 g/mol. The van der Waals surface area contributed by atoms with Crippen molar-refractivity contribution < 1.29 is 9.53 Å². The Labute approximate surface area is 96.2 Å². The van der Waals surface area contributed by atoms with Crippen molar-refractivity contribution in [3.05, 3.63) is 29.2 Å². The summed E-state index contributed by atoms with van der Waals surface area (Å²) in [6.07, 6.45) is 3.08. The van der Waals surface area contributed by atoms with Crippen LogP contribution in [0.25, 0.3) is 10.7 Å². The number of nitrogens with zero attached hydrogens (tertiary/aromatic N) is 3. The Morgan fingerprint density at radius 2 is 2.31 bits per heavy atom. The fourth-order valence-electron chi connectivity index (χ4n) is 1.21. The highest BCUT2D eigenvalue weighted by molar-refractivity contribution is 7.15. The maximum atomic E-state index is 11.4. The third-order valence-corrected chi connectivity index (χ3v) is 2.97. The second kappa shape index (κ2) is 4.36. The van der Waals surface area contributed by atoms with E-state index in [9.17, 15) is 4.79 Å². The molecule has 0 amide bonds. The van der Waals surface area contributed by atoms with Crippen LogP contribution in [0.2, 0.25) is 0 Å². The highest BCUT2D eigenvalue weighted by Crippen LogP contribution is 2.25. The molecule has 0 bridgehead atoms. The van der Waals surface area contributed by atoms with Crippen LogP contribution in [0.5, 0.6) is 0 Å². The number of rotatable bonds is 2. The van der Waals surface area contributed by atoms with E-state index in [-0.39, 0.29) is 0 Å². The number of carbonyl (C=O) groups excluding carboxylic acids is 1. The number of methoxy groups -OCH3 is 1. The number of hydrogen-bond donors (Lipinski definition) is 0. The number of ether oxygens (including phenoxy) is 1. The van der Waals surface area contributed by atoms with Crippen molar-refractivity contribution in [3.63, 3.8) is 0 Å². The maximum Gasteiger partial charge on any atom is 0.357 e. The van der Waals surface area contributed by atoms with Gasteiger partial charge < -0.3 is 4.74 Å². The lowest BCUT2D eigenvalue weighted by Crippen LogP contribution is -2.03. The summed E-state index contributed by atoms with van der Waals surface area (Å²) in [7, 11) is 1.34. The Kier molecular flexibility index (Phi) is 2.91. The summed E-state index contributed by atoms with van der Waals surface area (Å²) in [5.74, 6) is -0.422. The van der Waals surface area contributed by atoms with Gasteiger partial charge in [-0.25, -0.2) is 19.7 Å². The van der Waals surface area contributed by atoms with Crippen molar-refractivity contribution in [1.82, 2.24) is 15.0 Å². The molecule has 82 valence electrons. The van der Waals surface area contributed by atoms with Crippen LogP contribution in [0.15, 0.2) is 18.6 Å². The van der Waals surface area contributed by atoms with Gasteiger partial charge in [0.1, 0.15) is 17.0 Å². The van der Waals surface area contributed by atoms with Crippen LogP contribution in [0.1, 0.15) is 15.4 Å². The fraction of sp³-hybridized carbons (Fsp3) is 0.200. The first-order valence-corrected chi connectivity index (χ1v) is 5.36. The molecule has 0 aliphatic rings. The molecule has 0 aliphatic heterocycles. The van der Waals surface area contributed by atoms with Gasteiger partial charge in [-0.15, -0.1) is 11.3 Å². The Morgan fingerprint density at radius 1 is 1.50 bits per heavy atom. The topological polar surface area (TPSA) is 65.0 Å². The minimum atomic E-state index is -0.422. The van der Waals surface area contributed by atoms with Gasteiger partial charge in [0.2, 0.25) is 0 Å². The van der Waals surface area contributed by atoms with Crippen LogP contribution in [-0.2, 0) is 4.74 Å². The molecular weight excluding hydrogens is 226 g/mol. The number of carbonyl (C=O) groups is 1. The lowest BCUT2D eigenvalue weighted by atomic mass is 10.4. The van der Waals surface area contributed by atoms with E-state index < -0.39 is 5.97 Å². The van der Waals surface area contributed by atoms with E-state index in [1.165, 1.54) is 24.8 Å². The third-order valence-electron chi connectivity index (χ3n) is 1.98. The van der Waals surface area contributed by atoms with E-state index in [1.54, 1.807) is 12.3 Å². The molecule has 6 heteroatoms. The average Bonchev–Trinajstić information content (AvgIpc) is 2.71. The molecule has 2 rings (SSSR count). The number of esters is 1. The lowest BCUT2D eigenvalue weighted by molar-refractivity contribution is 0.0594. The van der Waals surface area contributed by atoms with Crippen molar-refractivity contribution in [2.75, 3.05) is 7.11 Å². The zero-order valence-corrected chi connectivity index (χ0v) is 9.61. The molecule has 0 saturated carbocycles. The summed E-state index contributed by atoms with van der Waals surface area (Å²) in [5, 5.41) is 0.695. The summed E-state index contributed by atoms with van der Waals surface area (Å²) in [6, 6.07) is 1.75. The Morgan fingerprint density at radius 3 is 2.94 bits per heavy atom. The molecule has 0 aromatic carbocycles. The van der Waals surface area contributed by atoms with E-state index in [0.29, 0.717) is 16.4 Å². The van der Waals surface area contributed by atoms with Gasteiger partial charge in [0, 0.05) is 11.1 Å². The van der Waals surface area contributed by atoms with E-state index in [1.807, 2.05) is 6.92 Å². The predicted molar refractivity (Wildman–Crippen MR) is 59.2 cm³/mol. The molecule has 0 aliphatic carbocycles. The first-order valence-electron chi connectivity index (χ1n) is 4.54. The summed E-state index contributed by atoms with van der Waals surface area (Å²) in [5.41, 5.74) is 1.05. The first-order chi connectivity index (χ1) is 7.72. The normalized spacial score (nSPS) is 10.1. The third kappa shape index (κ3) is 1.92. The molecule has 2 aromatic heterocycles. The smallest absolute Gasteiger partial charge is 0.357 e. The maximum absolute atomic E-state index is 11.4. The lowest BCUT2D eigenvalue weighted by Gasteiger charge is -1.94. The highest BCUT2D eigenvalue weighted by Gasteiger charge is 2.16. The number of hydrogen-bond acceptors (Lipinski definition) is 6. The van der Waals surface area contributed by atoms with Gasteiger partial charge in [0.05, 0.1) is 7.11 Å². The molecular formula is C10H9N3O2S. The second-order valence-corrected chi connectivity index (χ2v) is 4.21. The summed E-state index contributed by atoms with van der Waals surface area (Å²) >= 11 is 1.41. The van der Waals surface area contributed by atoms with Crippen molar-refractivity contribution in [2.45, 2.75) is 6.92 Å². The van der Waals surface area contributed by atoms with Crippen LogP contribution < -0.4 is 0 Å². The fourth-order valence-corrected chi connectivity index (χ4v) is 2.09. The van der Waals surface area contributed by atoms with E-state index in [0.717, 1.165) is 4.88 Å². The molecule has 0 saturated heterocycles. The minimum absolute atomic E-state index is 0.348. The molecule has 2 aromatic rings. The zero-order valence-electron chi connectivity index (χ0n) is 8.80. The second-order valence-electron chi connectivity index (χ2n) is 3.01. The highest BCUT2D eigenvalue weighted by atomic mass is 32.1. The number of aryl methyl sites for hydroxylation is 1. The van der Waals surface area contributed by atoms with Crippen LogP contribution >= 0.6 is 11.3 Å². The van der Waals surface area contributed by atoms with Crippen molar-refractivity contribution in [2.24, 2.45) is 0 Å². The Hall–Kier alpha value is -1.82.